The number of rotatable bonds is 11. The average Bonchev–Trinajstić information content (AvgIpc) is 3.51. The molecule has 11 heteroatoms. The molecule has 3 N–H and O–H groups in total. The van der Waals surface area contributed by atoms with Crippen LogP contribution in [-0.2, 0) is 28.7 Å². The van der Waals surface area contributed by atoms with E-state index in [9.17, 15) is 24.0 Å². The van der Waals surface area contributed by atoms with Crippen LogP contribution in [0.2, 0.25) is 0 Å². The van der Waals surface area contributed by atoms with Crippen LogP contribution in [0.15, 0.2) is 25.3 Å². The first kappa shape index (κ1) is 32.1. The Morgan fingerprint density at radius 1 is 1.12 bits per heavy atom. The van der Waals surface area contributed by atoms with Crippen molar-refractivity contribution in [2.45, 2.75) is 89.4 Å². The number of likely N-dealkylation sites (tertiary alicyclic amines) is 1. The van der Waals surface area contributed by atoms with Crippen molar-refractivity contribution in [2.24, 2.45) is 23.7 Å². The number of nitrogens with one attached hydrogen (secondary N) is 3. The molecule has 0 unspecified atom stereocenters. The zero-order valence-electron chi connectivity index (χ0n) is 24.8. The highest BCUT2D eigenvalue weighted by Gasteiger charge is 2.51. The average molecular weight is 575 g/mol. The zero-order valence-corrected chi connectivity index (χ0v) is 24.8. The zero-order chi connectivity index (χ0) is 30.3. The van der Waals surface area contributed by atoms with Crippen LogP contribution < -0.4 is 16.0 Å². The molecule has 3 aliphatic rings. The van der Waals surface area contributed by atoms with Crippen LogP contribution in [0.4, 0.5) is 4.79 Å². The summed E-state index contributed by atoms with van der Waals surface area (Å²) >= 11 is 0. The Balaban J connectivity index is 1.83. The summed E-state index contributed by atoms with van der Waals surface area (Å²) in [6.07, 6.45) is 6.78. The van der Waals surface area contributed by atoms with Crippen LogP contribution in [0.25, 0.3) is 0 Å². The molecule has 1 saturated carbocycles. The number of nitrogens with zero attached hydrogens (tertiary/aromatic N) is 1. The summed E-state index contributed by atoms with van der Waals surface area (Å²) in [4.78, 5) is 67.4. The second-order valence-corrected chi connectivity index (χ2v) is 12.3. The fourth-order valence-electron chi connectivity index (χ4n) is 6.38. The van der Waals surface area contributed by atoms with Crippen LogP contribution in [-0.4, -0.2) is 78.6 Å². The number of fused-ring (bicyclic) bond motifs is 1. The first-order valence-corrected chi connectivity index (χ1v) is 14.6. The first-order valence-electron chi connectivity index (χ1n) is 14.6. The third-order valence-corrected chi connectivity index (χ3v) is 8.32. The monoisotopic (exact) mass is 574 g/mol. The van der Waals surface area contributed by atoms with Gasteiger partial charge in [0.15, 0.2) is 0 Å². The minimum atomic E-state index is -1.07. The number of methoxy groups -OCH3 is 1. The number of piperidine rings is 1. The number of carbonyl (C=O) groups excluding carboxylic acids is 5. The summed E-state index contributed by atoms with van der Waals surface area (Å²) in [6.45, 7) is 13.7. The Bertz CT molecular complexity index is 1020. The van der Waals surface area contributed by atoms with Crippen LogP contribution in [0.3, 0.4) is 0 Å². The molecule has 2 aliphatic heterocycles. The Kier molecular flexibility index (Phi) is 11.0. The molecular formula is C30H46N4O7. The molecule has 2 saturated heterocycles. The maximum Gasteiger partial charge on any atom is 0.408 e. The second kappa shape index (κ2) is 14.0. The van der Waals surface area contributed by atoms with Crippen LogP contribution in [0.5, 0.6) is 0 Å². The molecule has 7 atom stereocenters. The Labute approximate surface area is 242 Å². The summed E-state index contributed by atoms with van der Waals surface area (Å²) in [7, 11) is 1.23. The lowest BCUT2D eigenvalue weighted by molar-refractivity contribution is -0.148. The molecule has 41 heavy (non-hydrogen) atoms. The summed E-state index contributed by atoms with van der Waals surface area (Å²) in [5.74, 6) is -2.31. The van der Waals surface area contributed by atoms with Crippen molar-refractivity contribution in [1.29, 1.82) is 0 Å². The molecule has 228 valence electrons. The smallest absolute Gasteiger partial charge is 0.408 e. The molecule has 1 aliphatic carbocycles. The van der Waals surface area contributed by atoms with Gasteiger partial charge < -0.3 is 30.3 Å². The summed E-state index contributed by atoms with van der Waals surface area (Å²) in [6, 6.07) is -2.80. The Morgan fingerprint density at radius 2 is 1.85 bits per heavy atom. The molecule has 0 aromatic rings. The second-order valence-electron chi connectivity index (χ2n) is 12.3. The van der Waals surface area contributed by atoms with Gasteiger partial charge in [-0.1, -0.05) is 18.6 Å². The van der Waals surface area contributed by atoms with Crippen molar-refractivity contribution in [2.75, 3.05) is 20.2 Å². The van der Waals surface area contributed by atoms with Gasteiger partial charge in [0.05, 0.1) is 7.11 Å². The van der Waals surface area contributed by atoms with E-state index in [1.54, 1.807) is 37.8 Å². The molecule has 11 nitrogen and oxygen atoms in total. The van der Waals surface area contributed by atoms with Crippen molar-refractivity contribution in [1.82, 2.24) is 20.9 Å². The van der Waals surface area contributed by atoms with Gasteiger partial charge in [0.2, 0.25) is 17.7 Å². The van der Waals surface area contributed by atoms with E-state index in [2.05, 4.69) is 29.1 Å². The van der Waals surface area contributed by atoms with Gasteiger partial charge in [-0.3, -0.25) is 14.4 Å². The van der Waals surface area contributed by atoms with E-state index in [4.69, 9.17) is 9.47 Å². The molecule has 0 bridgehead atoms. The van der Waals surface area contributed by atoms with Crippen LogP contribution >= 0.6 is 0 Å². The molecular weight excluding hydrogens is 528 g/mol. The van der Waals surface area contributed by atoms with Crippen LogP contribution in [0, 0.1) is 23.7 Å². The van der Waals surface area contributed by atoms with Gasteiger partial charge in [0.25, 0.3) is 0 Å². The number of ether oxygens (including phenoxy) is 2. The highest BCUT2D eigenvalue weighted by molar-refractivity contribution is 5.94. The molecule has 3 fully saturated rings. The van der Waals surface area contributed by atoms with Crippen molar-refractivity contribution in [3.8, 4) is 0 Å². The SMILES string of the molecule is C=CCC[C@H](NC(=O)OC(C)(C)C)C(=O)N1C[C@@H]2CCC[C@@H]2[C@H]1C(=O)N[C@@H](C[C@@H]1C(=O)NCC[C@@H]1C=C)C(=O)OC. The summed E-state index contributed by atoms with van der Waals surface area (Å²) < 4.78 is 10.4. The standard InChI is InChI=1S/C30H46N4O7/c1-7-9-13-22(33-29(39)41-30(3,4)5)27(37)34-17-19-11-10-12-20(19)24(34)26(36)32-23(28(38)40-6)16-21-18(8-2)14-15-31-25(21)35/h7-8,18-24H,1-2,9-17H2,3-6H3,(H,31,35)(H,32,36)(H,33,39)/t18-,19-,20-,21-,22-,23-,24-/m0/s1. The fraction of sp³-hybridized carbons (Fsp3) is 0.700. The highest BCUT2D eigenvalue weighted by atomic mass is 16.6. The Morgan fingerprint density at radius 3 is 2.49 bits per heavy atom. The molecule has 3 rings (SSSR count). The van der Waals surface area contributed by atoms with Gasteiger partial charge in [0, 0.05) is 19.0 Å². The maximum absolute atomic E-state index is 13.9. The van der Waals surface area contributed by atoms with Gasteiger partial charge >= 0.3 is 12.1 Å². The molecule has 2 heterocycles. The number of amides is 4. The number of carbonyl (C=O) groups is 5. The predicted octanol–water partition coefficient (Wildman–Crippen LogP) is 2.46. The van der Waals surface area contributed by atoms with Crippen molar-refractivity contribution in [3.63, 3.8) is 0 Å². The topological polar surface area (TPSA) is 143 Å². The lowest BCUT2D eigenvalue weighted by Gasteiger charge is -2.33. The lowest BCUT2D eigenvalue weighted by atomic mass is 9.81. The number of alkyl carbamates (subject to hydrolysis) is 1. The number of hydrogen-bond donors (Lipinski definition) is 3. The molecule has 0 spiro atoms. The quantitative estimate of drug-likeness (QED) is 0.254. The largest absolute Gasteiger partial charge is 0.467 e. The van der Waals surface area contributed by atoms with E-state index in [1.807, 2.05) is 0 Å². The maximum atomic E-state index is 13.9. The van der Waals surface area contributed by atoms with Gasteiger partial charge in [-0.15, -0.1) is 13.2 Å². The van der Waals surface area contributed by atoms with E-state index in [1.165, 1.54) is 7.11 Å². The number of allylic oxidation sites excluding steroid dienone is 2. The van der Waals surface area contributed by atoms with Crippen molar-refractivity contribution in [3.05, 3.63) is 25.3 Å². The van der Waals surface area contributed by atoms with E-state index < -0.39 is 47.6 Å². The number of esters is 1. The molecule has 0 radical (unpaired) electrons. The molecule has 4 amide bonds. The third-order valence-electron chi connectivity index (χ3n) is 8.32. The first-order chi connectivity index (χ1) is 19.4. The van der Waals surface area contributed by atoms with Gasteiger partial charge in [-0.25, -0.2) is 9.59 Å². The van der Waals surface area contributed by atoms with E-state index in [0.717, 1.165) is 19.3 Å². The normalized spacial score (nSPS) is 27.1. The van der Waals surface area contributed by atoms with Gasteiger partial charge in [0.1, 0.15) is 23.7 Å². The van der Waals surface area contributed by atoms with Gasteiger partial charge in [-0.2, -0.15) is 0 Å². The van der Waals surface area contributed by atoms with Gasteiger partial charge in [-0.05, 0) is 77.0 Å². The van der Waals surface area contributed by atoms with E-state index >= 15 is 0 Å². The molecule has 0 aromatic heterocycles. The minimum absolute atomic E-state index is 0.0534. The van der Waals surface area contributed by atoms with Crippen molar-refractivity contribution >= 4 is 29.8 Å². The minimum Gasteiger partial charge on any atom is -0.467 e. The molecule has 0 aromatic carbocycles. The number of hydrogen-bond acceptors (Lipinski definition) is 7. The fourth-order valence-corrected chi connectivity index (χ4v) is 6.38. The van der Waals surface area contributed by atoms with Crippen molar-refractivity contribution < 1.29 is 33.4 Å². The summed E-state index contributed by atoms with van der Waals surface area (Å²) in [5.41, 5.74) is -0.744. The lowest BCUT2D eigenvalue weighted by Crippen LogP contribution is -2.57. The third kappa shape index (κ3) is 8.10. The summed E-state index contributed by atoms with van der Waals surface area (Å²) in [5, 5.41) is 8.33. The highest BCUT2D eigenvalue weighted by Crippen LogP contribution is 2.42. The predicted molar refractivity (Wildman–Crippen MR) is 152 cm³/mol. The van der Waals surface area contributed by atoms with E-state index in [0.29, 0.717) is 32.4 Å². The van der Waals surface area contributed by atoms with Crippen LogP contribution in [0.1, 0.15) is 65.7 Å². The van der Waals surface area contributed by atoms with E-state index in [-0.39, 0.29) is 36.0 Å². The Hall–Kier alpha value is -3.37.